The first-order chi connectivity index (χ1) is 5.76. The lowest BCUT2D eigenvalue weighted by Crippen LogP contribution is -2.18. The molecule has 0 amide bonds. The van der Waals surface area contributed by atoms with Gasteiger partial charge in [0.15, 0.2) is 0 Å². The Morgan fingerprint density at radius 2 is 2.08 bits per heavy atom. The maximum absolute atomic E-state index is 11.3. The van der Waals surface area contributed by atoms with Gasteiger partial charge in [-0.25, -0.2) is 0 Å². The Kier molecular flexibility index (Phi) is 7.36. The van der Waals surface area contributed by atoms with E-state index in [1.54, 1.807) is 0 Å². The summed E-state index contributed by atoms with van der Waals surface area (Å²) < 4.78 is 4.94. The maximum atomic E-state index is 11.3. The van der Waals surface area contributed by atoms with Crippen LogP contribution in [0.3, 0.4) is 0 Å². The fraction of sp³-hybridized carbons (Fsp3) is 0.889. The van der Waals surface area contributed by atoms with Crippen LogP contribution in [0, 0.1) is 5.92 Å². The highest BCUT2D eigenvalue weighted by atomic mass is 32.1. The van der Waals surface area contributed by atoms with Crippen LogP contribution in [-0.2, 0) is 9.53 Å². The number of carbonyl (C=O) groups excluding carboxylic acids is 1. The summed E-state index contributed by atoms with van der Waals surface area (Å²) in [5.41, 5.74) is 0. The lowest BCUT2D eigenvalue weighted by molar-refractivity contribution is -0.148. The molecule has 0 aliphatic heterocycles. The number of esters is 1. The molecule has 12 heavy (non-hydrogen) atoms. The highest BCUT2D eigenvalue weighted by Gasteiger charge is 2.17. The summed E-state index contributed by atoms with van der Waals surface area (Å²) in [7, 11) is 0. The molecule has 0 heterocycles. The van der Waals surface area contributed by atoms with Gasteiger partial charge in [-0.15, -0.1) is 0 Å². The molecule has 72 valence electrons. The van der Waals surface area contributed by atoms with Gasteiger partial charge in [0.2, 0.25) is 0 Å². The molecule has 0 radical (unpaired) electrons. The van der Waals surface area contributed by atoms with Gasteiger partial charge in [-0.05, 0) is 25.5 Å². The highest BCUT2D eigenvalue weighted by Crippen LogP contribution is 2.13. The molecule has 1 atom stereocenters. The SMILES string of the molecule is CCC[C@H](CCS)C(=O)OCC. The predicted molar refractivity (Wildman–Crippen MR) is 53.5 cm³/mol. The molecule has 0 aromatic rings. The number of hydrogen-bond acceptors (Lipinski definition) is 3. The van der Waals surface area contributed by atoms with E-state index in [4.69, 9.17) is 4.74 Å². The van der Waals surface area contributed by atoms with Crippen LogP contribution in [0.5, 0.6) is 0 Å². The van der Waals surface area contributed by atoms with Gasteiger partial charge in [-0.1, -0.05) is 13.3 Å². The Balaban J connectivity index is 3.81. The molecule has 0 aliphatic rings. The standard InChI is InChI=1S/C9H18O2S/c1-3-5-8(6-7-12)9(10)11-4-2/h8,12H,3-7H2,1-2H3/t8-/m1/s1. The van der Waals surface area contributed by atoms with Crippen molar-refractivity contribution in [2.75, 3.05) is 12.4 Å². The molecular formula is C9H18O2S. The van der Waals surface area contributed by atoms with Gasteiger partial charge in [0.05, 0.1) is 12.5 Å². The fourth-order valence-electron chi connectivity index (χ4n) is 1.14. The average Bonchev–Trinajstić information content (AvgIpc) is 2.04. The van der Waals surface area contributed by atoms with Gasteiger partial charge in [0, 0.05) is 0 Å². The van der Waals surface area contributed by atoms with Crippen LogP contribution in [0.4, 0.5) is 0 Å². The summed E-state index contributed by atoms with van der Waals surface area (Å²) in [5.74, 6) is 0.754. The summed E-state index contributed by atoms with van der Waals surface area (Å²) in [6.45, 7) is 4.39. The Morgan fingerprint density at radius 1 is 1.42 bits per heavy atom. The van der Waals surface area contributed by atoms with E-state index in [9.17, 15) is 4.79 Å². The van der Waals surface area contributed by atoms with Crippen molar-refractivity contribution in [2.24, 2.45) is 5.92 Å². The summed E-state index contributed by atoms with van der Waals surface area (Å²) in [5, 5.41) is 0. The zero-order valence-electron chi connectivity index (χ0n) is 7.88. The van der Waals surface area contributed by atoms with E-state index in [-0.39, 0.29) is 11.9 Å². The number of rotatable bonds is 6. The first-order valence-corrected chi connectivity index (χ1v) is 5.16. The number of thiol groups is 1. The zero-order valence-corrected chi connectivity index (χ0v) is 8.77. The van der Waals surface area contributed by atoms with Gasteiger partial charge >= 0.3 is 5.97 Å². The first-order valence-electron chi connectivity index (χ1n) is 4.53. The second kappa shape index (κ2) is 7.47. The summed E-state index contributed by atoms with van der Waals surface area (Å²) in [6, 6.07) is 0. The highest BCUT2D eigenvalue weighted by molar-refractivity contribution is 7.80. The quantitative estimate of drug-likeness (QED) is 0.514. The predicted octanol–water partition coefficient (Wildman–Crippen LogP) is 2.29. The first kappa shape index (κ1) is 11.8. The lowest BCUT2D eigenvalue weighted by atomic mass is 10.0. The number of hydrogen-bond donors (Lipinski definition) is 1. The lowest BCUT2D eigenvalue weighted by Gasteiger charge is -2.12. The monoisotopic (exact) mass is 190 g/mol. The molecule has 0 aliphatic carbocycles. The van der Waals surface area contributed by atoms with E-state index in [0.717, 1.165) is 25.0 Å². The van der Waals surface area contributed by atoms with Crippen molar-refractivity contribution in [2.45, 2.75) is 33.1 Å². The molecule has 0 rings (SSSR count). The van der Waals surface area contributed by atoms with Crippen LogP contribution in [0.25, 0.3) is 0 Å². The molecule has 0 aromatic heterocycles. The van der Waals surface area contributed by atoms with Gasteiger partial charge in [0.25, 0.3) is 0 Å². The molecule has 0 unspecified atom stereocenters. The maximum Gasteiger partial charge on any atom is 0.308 e. The summed E-state index contributed by atoms with van der Waals surface area (Å²) in [4.78, 5) is 11.3. The Bertz CT molecular complexity index is 120. The Hall–Kier alpha value is -0.180. The van der Waals surface area contributed by atoms with Crippen molar-refractivity contribution in [1.29, 1.82) is 0 Å². The average molecular weight is 190 g/mol. The van der Waals surface area contributed by atoms with E-state index in [2.05, 4.69) is 19.6 Å². The molecule has 0 fully saturated rings. The third-order valence-corrected chi connectivity index (χ3v) is 1.99. The number of carbonyl (C=O) groups is 1. The van der Waals surface area contributed by atoms with Crippen LogP contribution < -0.4 is 0 Å². The van der Waals surface area contributed by atoms with Crippen LogP contribution in [0.15, 0.2) is 0 Å². The van der Waals surface area contributed by atoms with E-state index in [1.807, 2.05) is 6.92 Å². The van der Waals surface area contributed by atoms with Crippen LogP contribution in [0.1, 0.15) is 33.1 Å². The molecule has 0 bridgehead atoms. The normalized spacial score (nSPS) is 12.6. The van der Waals surface area contributed by atoms with Crippen molar-refractivity contribution in [1.82, 2.24) is 0 Å². The second-order valence-corrected chi connectivity index (χ2v) is 3.20. The second-order valence-electron chi connectivity index (χ2n) is 2.75. The Labute approximate surface area is 80.1 Å². The molecule has 0 N–H and O–H groups in total. The van der Waals surface area contributed by atoms with Crippen LogP contribution >= 0.6 is 12.6 Å². The molecule has 3 heteroatoms. The minimum absolute atomic E-state index is 0.0617. The van der Waals surface area contributed by atoms with Crippen molar-refractivity contribution in [3.63, 3.8) is 0 Å². The van der Waals surface area contributed by atoms with Crippen molar-refractivity contribution in [3.05, 3.63) is 0 Å². The molecular weight excluding hydrogens is 172 g/mol. The summed E-state index contributed by atoms with van der Waals surface area (Å²) in [6.07, 6.45) is 2.77. The molecule has 0 saturated carbocycles. The third kappa shape index (κ3) is 4.65. The smallest absolute Gasteiger partial charge is 0.308 e. The minimum Gasteiger partial charge on any atom is -0.466 e. The van der Waals surface area contributed by atoms with Gasteiger partial charge in [-0.3, -0.25) is 4.79 Å². The van der Waals surface area contributed by atoms with Gasteiger partial charge in [0.1, 0.15) is 0 Å². The fourth-order valence-corrected chi connectivity index (χ4v) is 1.46. The van der Waals surface area contributed by atoms with Gasteiger partial charge in [-0.2, -0.15) is 12.6 Å². The van der Waals surface area contributed by atoms with Crippen molar-refractivity contribution < 1.29 is 9.53 Å². The topological polar surface area (TPSA) is 26.3 Å². The molecule has 2 nitrogen and oxygen atoms in total. The van der Waals surface area contributed by atoms with E-state index in [1.165, 1.54) is 0 Å². The van der Waals surface area contributed by atoms with E-state index in [0.29, 0.717) is 6.61 Å². The van der Waals surface area contributed by atoms with Crippen molar-refractivity contribution in [3.8, 4) is 0 Å². The number of ether oxygens (including phenoxy) is 1. The molecule has 0 spiro atoms. The Morgan fingerprint density at radius 3 is 2.50 bits per heavy atom. The van der Waals surface area contributed by atoms with E-state index < -0.39 is 0 Å². The summed E-state index contributed by atoms with van der Waals surface area (Å²) >= 11 is 4.11. The third-order valence-electron chi connectivity index (χ3n) is 1.73. The van der Waals surface area contributed by atoms with Crippen molar-refractivity contribution >= 4 is 18.6 Å². The van der Waals surface area contributed by atoms with Crippen LogP contribution in [0.2, 0.25) is 0 Å². The molecule has 0 saturated heterocycles. The largest absolute Gasteiger partial charge is 0.466 e. The van der Waals surface area contributed by atoms with Crippen LogP contribution in [-0.4, -0.2) is 18.3 Å². The molecule has 0 aromatic carbocycles. The van der Waals surface area contributed by atoms with Gasteiger partial charge < -0.3 is 4.74 Å². The minimum atomic E-state index is -0.0617. The zero-order chi connectivity index (χ0) is 9.40. The van der Waals surface area contributed by atoms with E-state index >= 15 is 0 Å².